The molecule has 0 spiro atoms. The van der Waals surface area contributed by atoms with E-state index in [1.807, 2.05) is 0 Å². The number of nitrogens with zero attached hydrogens (tertiary/aromatic N) is 1. The minimum atomic E-state index is -0.373. The maximum absolute atomic E-state index is 12.6. The molecule has 1 aliphatic rings. The number of halogens is 1. The molecule has 1 aliphatic heterocycles. The number of hydrogen-bond acceptors (Lipinski definition) is 5. The lowest BCUT2D eigenvalue weighted by molar-refractivity contribution is 0.0934. The van der Waals surface area contributed by atoms with Gasteiger partial charge < -0.3 is 19.9 Å². The van der Waals surface area contributed by atoms with Crippen molar-refractivity contribution in [3.63, 3.8) is 0 Å². The van der Waals surface area contributed by atoms with Crippen molar-refractivity contribution in [3.05, 3.63) is 16.1 Å². The second-order valence-corrected chi connectivity index (χ2v) is 6.31. The number of hydrogen-bond donors (Lipinski definition) is 2. The van der Waals surface area contributed by atoms with E-state index in [9.17, 15) is 9.90 Å². The number of methoxy groups -OCH3 is 2. The molecule has 0 aromatic heterocycles. The van der Waals surface area contributed by atoms with Crippen LogP contribution < -0.4 is 14.8 Å². The Morgan fingerprint density at radius 2 is 2.22 bits per heavy atom. The van der Waals surface area contributed by atoms with Gasteiger partial charge in [0, 0.05) is 18.7 Å². The second-order valence-electron chi connectivity index (χ2n) is 5.45. The summed E-state index contributed by atoms with van der Waals surface area (Å²) in [4.78, 5) is 14.9. The van der Waals surface area contributed by atoms with Crippen molar-refractivity contribution in [1.82, 2.24) is 10.2 Å². The Morgan fingerprint density at radius 3 is 2.83 bits per heavy atom. The highest BCUT2D eigenvalue weighted by molar-refractivity contribution is 9.10. The first-order valence-corrected chi connectivity index (χ1v) is 8.48. The first-order chi connectivity index (χ1) is 11.0. The quantitative estimate of drug-likeness (QED) is 0.785. The standard InChI is InChI=1S/C16H23BrN2O4/c1-4-19-7-5-6-10(19)9-18-16(21)13-14(20)12(22-2)8-11(17)15(13)23-3/h8,10,20H,4-7,9H2,1-3H3,(H,18,21)/t10-/m0/s1. The molecule has 7 heteroatoms. The van der Waals surface area contributed by atoms with Crippen LogP contribution in [0.1, 0.15) is 30.1 Å². The number of phenolic OH excluding ortho intramolecular Hbond substituents is 1. The van der Waals surface area contributed by atoms with Gasteiger partial charge in [-0.15, -0.1) is 0 Å². The summed E-state index contributed by atoms with van der Waals surface area (Å²) in [6, 6.07) is 1.91. The van der Waals surface area contributed by atoms with E-state index in [2.05, 4.69) is 33.1 Å². The fourth-order valence-corrected chi connectivity index (χ4v) is 3.57. The molecule has 2 N–H and O–H groups in total. The predicted octanol–water partition coefficient (Wildman–Crippen LogP) is 2.39. The maximum Gasteiger partial charge on any atom is 0.259 e. The van der Waals surface area contributed by atoms with Gasteiger partial charge in [0.25, 0.3) is 5.91 Å². The lowest BCUT2D eigenvalue weighted by Gasteiger charge is -2.23. The van der Waals surface area contributed by atoms with E-state index in [0.717, 1.165) is 25.9 Å². The number of amides is 1. The lowest BCUT2D eigenvalue weighted by Crippen LogP contribution is -2.40. The number of aromatic hydroxyl groups is 1. The normalized spacial score (nSPS) is 18.0. The minimum Gasteiger partial charge on any atom is -0.504 e. The van der Waals surface area contributed by atoms with Crippen LogP contribution in [0.15, 0.2) is 10.5 Å². The van der Waals surface area contributed by atoms with Crippen LogP contribution in [0.2, 0.25) is 0 Å². The average molecular weight is 387 g/mol. The minimum absolute atomic E-state index is 0.0831. The SMILES string of the molecule is CCN1CCC[C@H]1CNC(=O)c1c(O)c(OC)cc(Br)c1OC. The number of nitrogens with one attached hydrogen (secondary N) is 1. The number of carbonyl (C=O) groups is 1. The molecular formula is C16H23BrN2O4. The Bertz CT molecular complexity index is 580. The number of rotatable bonds is 6. The Kier molecular flexibility index (Phi) is 6.12. The molecule has 0 aliphatic carbocycles. The van der Waals surface area contributed by atoms with E-state index in [-0.39, 0.29) is 23.0 Å². The van der Waals surface area contributed by atoms with Crippen LogP contribution in [0.4, 0.5) is 0 Å². The molecule has 2 rings (SSSR count). The highest BCUT2D eigenvalue weighted by atomic mass is 79.9. The fourth-order valence-electron chi connectivity index (χ4n) is 3.01. The molecule has 1 heterocycles. The van der Waals surface area contributed by atoms with Crippen LogP contribution in [-0.4, -0.2) is 55.8 Å². The van der Waals surface area contributed by atoms with Crippen molar-refractivity contribution in [2.24, 2.45) is 0 Å². The maximum atomic E-state index is 12.6. The summed E-state index contributed by atoms with van der Waals surface area (Å²) >= 11 is 3.34. The van der Waals surface area contributed by atoms with Crippen LogP contribution in [0.3, 0.4) is 0 Å². The third kappa shape index (κ3) is 3.72. The number of carbonyl (C=O) groups excluding carboxylic acids is 1. The van der Waals surface area contributed by atoms with Crippen LogP contribution in [0.5, 0.6) is 17.2 Å². The third-order valence-electron chi connectivity index (χ3n) is 4.23. The summed E-state index contributed by atoms with van der Waals surface area (Å²) in [7, 11) is 2.89. The summed E-state index contributed by atoms with van der Waals surface area (Å²) in [5.41, 5.74) is 0.0831. The van der Waals surface area contributed by atoms with Crippen LogP contribution in [0.25, 0.3) is 0 Å². The van der Waals surface area contributed by atoms with E-state index in [1.54, 1.807) is 6.07 Å². The smallest absolute Gasteiger partial charge is 0.259 e. The van der Waals surface area contributed by atoms with Gasteiger partial charge in [0.2, 0.25) is 0 Å². The molecular weight excluding hydrogens is 364 g/mol. The van der Waals surface area contributed by atoms with Crippen molar-refractivity contribution in [2.75, 3.05) is 33.9 Å². The Labute approximate surface area is 144 Å². The van der Waals surface area contributed by atoms with Crippen molar-refractivity contribution >= 4 is 21.8 Å². The topological polar surface area (TPSA) is 71.0 Å². The lowest BCUT2D eigenvalue weighted by atomic mass is 10.1. The van der Waals surface area contributed by atoms with Gasteiger partial charge in [-0.05, 0) is 41.9 Å². The molecule has 0 unspecified atom stereocenters. The van der Waals surface area contributed by atoms with Gasteiger partial charge in [-0.3, -0.25) is 9.69 Å². The summed E-state index contributed by atoms with van der Waals surface area (Å²) in [5.74, 6) is -0.0795. The molecule has 1 saturated heterocycles. The highest BCUT2D eigenvalue weighted by Crippen LogP contribution is 2.42. The first-order valence-electron chi connectivity index (χ1n) is 7.69. The predicted molar refractivity (Wildman–Crippen MR) is 91.5 cm³/mol. The van der Waals surface area contributed by atoms with E-state index >= 15 is 0 Å². The monoisotopic (exact) mass is 386 g/mol. The summed E-state index contributed by atoms with van der Waals surface area (Å²) < 4.78 is 10.9. The van der Waals surface area contributed by atoms with Gasteiger partial charge in [-0.2, -0.15) is 0 Å². The molecule has 128 valence electrons. The van der Waals surface area contributed by atoms with Gasteiger partial charge in [0.15, 0.2) is 11.5 Å². The van der Waals surface area contributed by atoms with Crippen molar-refractivity contribution in [1.29, 1.82) is 0 Å². The zero-order valence-electron chi connectivity index (χ0n) is 13.7. The van der Waals surface area contributed by atoms with Gasteiger partial charge in [-0.25, -0.2) is 0 Å². The summed E-state index contributed by atoms with van der Waals surface area (Å²) in [5, 5.41) is 13.2. The Hall–Kier alpha value is -1.47. The van der Waals surface area contributed by atoms with Gasteiger partial charge in [0.1, 0.15) is 11.3 Å². The average Bonchev–Trinajstić information content (AvgIpc) is 3.01. The molecule has 1 amide bonds. The highest BCUT2D eigenvalue weighted by Gasteiger charge is 2.27. The summed E-state index contributed by atoms with van der Waals surface area (Å²) in [6.07, 6.45) is 2.21. The van der Waals surface area contributed by atoms with E-state index in [1.165, 1.54) is 14.2 Å². The molecule has 23 heavy (non-hydrogen) atoms. The van der Waals surface area contributed by atoms with E-state index < -0.39 is 0 Å². The number of likely N-dealkylation sites (N-methyl/N-ethyl adjacent to an activating group) is 1. The van der Waals surface area contributed by atoms with Crippen molar-refractivity contribution in [2.45, 2.75) is 25.8 Å². The molecule has 6 nitrogen and oxygen atoms in total. The fraction of sp³-hybridized carbons (Fsp3) is 0.562. The zero-order valence-corrected chi connectivity index (χ0v) is 15.3. The number of likely N-dealkylation sites (tertiary alicyclic amines) is 1. The van der Waals surface area contributed by atoms with Gasteiger partial charge in [0.05, 0.1) is 18.7 Å². The molecule has 1 fully saturated rings. The van der Waals surface area contributed by atoms with Crippen molar-refractivity contribution in [3.8, 4) is 17.2 Å². The zero-order chi connectivity index (χ0) is 17.0. The van der Waals surface area contributed by atoms with Gasteiger partial charge >= 0.3 is 0 Å². The number of ether oxygens (including phenoxy) is 2. The molecule has 1 atom stereocenters. The van der Waals surface area contributed by atoms with E-state index in [4.69, 9.17) is 9.47 Å². The van der Waals surface area contributed by atoms with E-state index in [0.29, 0.717) is 22.8 Å². The number of phenols is 1. The Morgan fingerprint density at radius 1 is 1.48 bits per heavy atom. The molecule has 0 radical (unpaired) electrons. The number of benzene rings is 1. The first kappa shape index (κ1) is 17.9. The second kappa shape index (κ2) is 7.88. The Balaban J connectivity index is 2.19. The van der Waals surface area contributed by atoms with Crippen LogP contribution in [0, 0.1) is 0 Å². The van der Waals surface area contributed by atoms with Gasteiger partial charge in [-0.1, -0.05) is 6.92 Å². The summed E-state index contributed by atoms with van der Waals surface area (Å²) in [6.45, 7) is 4.70. The van der Waals surface area contributed by atoms with Crippen LogP contribution in [-0.2, 0) is 0 Å². The van der Waals surface area contributed by atoms with Crippen LogP contribution >= 0.6 is 15.9 Å². The molecule has 1 aromatic rings. The van der Waals surface area contributed by atoms with Crippen molar-refractivity contribution < 1.29 is 19.4 Å². The largest absolute Gasteiger partial charge is 0.504 e. The molecule has 1 aromatic carbocycles. The molecule has 0 saturated carbocycles. The molecule has 0 bridgehead atoms. The third-order valence-corrected chi connectivity index (χ3v) is 4.82.